The molecule has 2 amide bonds. The van der Waals surface area contributed by atoms with Crippen molar-refractivity contribution in [3.8, 4) is 11.5 Å². The number of hydrogen-bond acceptors (Lipinski definition) is 7. The minimum absolute atomic E-state index is 0.0815. The third kappa shape index (κ3) is 6.37. The predicted octanol–water partition coefficient (Wildman–Crippen LogP) is 5.58. The predicted molar refractivity (Wildman–Crippen MR) is 148 cm³/mol. The minimum atomic E-state index is -0.0815. The molecule has 0 bridgehead atoms. The van der Waals surface area contributed by atoms with E-state index in [0.29, 0.717) is 55.2 Å². The smallest absolute Gasteiger partial charge is 0.317 e. The number of halogens is 1. The normalized spacial score (nSPS) is 13.6. The average Bonchev–Trinajstić information content (AvgIpc) is 2.94. The number of nitrogens with zero attached hydrogens (tertiary/aromatic N) is 4. The molecule has 2 aromatic carbocycles. The molecule has 4 aromatic rings. The van der Waals surface area contributed by atoms with Crippen LogP contribution < -0.4 is 15.4 Å². The zero-order valence-corrected chi connectivity index (χ0v) is 21.6. The van der Waals surface area contributed by atoms with Crippen LogP contribution in [0.25, 0.3) is 17.0 Å². The van der Waals surface area contributed by atoms with E-state index in [9.17, 15) is 4.79 Å². The maximum atomic E-state index is 12.2. The zero-order valence-electron chi connectivity index (χ0n) is 20.9. The molecule has 0 saturated carbocycles. The summed E-state index contributed by atoms with van der Waals surface area (Å²) in [7, 11) is 0. The first kappa shape index (κ1) is 25.4. The van der Waals surface area contributed by atoms with Crippen LogP contribution in [0.3, 0.4) is 0 Å². The Morgan fingerprint density at radius 2 is 1.97 bits per heavy atom. The van der Waals surface area contributed by atoms with Crippen molar-refractivity contribution in [3.05, 3.63) is 83.4 Å². The minimum Gasteiger partial charge on any atom is -0.454 e. The van der Waals surface area contributed by atoms with Crippen molar-refractivity contribution in [2.24, 2.45) is 0 Å². The molecule has 0 aliphatic carbocycles. The van der Waals surface area contributed by atoms with Crippen molar-refractivity contribution < 1.29 is 14.3 Å². The molecule has 10 heteroatoms. The van der Waals surface area contributed by atoms with Gasteiger partial charge in [0.05, 0.1) is 29.9 Å². The second-order valence-corrected chi connectivity index (χ2v) is 9.10. The van der Waals surface area contributed by atoms with Gasteiger partial charge in [0.25, 0.3) is 0 Å². The lowest BCUT2D eigenvalue weighted by Gasteiger charge is -2.26. The number of carbonyl (C=O) groups excluding carboxylic acids is 1. The molecule has 0 unspecified atom stereocenters. The lowest BCUT2D eigenvalue weighted by atomic mass is 10.1. The van der Waals surface area contributed by atoms with Crippen LogP contribution in [0, 0.1) is 6.92 Å². The summed E-state index contributed by atoms with van der Waals surface area (Å²) in [6.45, 7) is 4.72. The maximum absolute atomic E-state index is 12.2. The number of rotatable bonds is 7. The molecule has 2 N–H and O–H groups in total. The topological polar surface area (TPSA) is 102 Å². The average molecular weight is 531 g/mol. The summed E-state index contributed by atoms with van der Waals surface area (Å²) >= 11 is 6.50. The SMILES string of the molecule is Cc1ccc(Oc2ccc(Nc3ncnc4ccc(/C=C/CNC(=O)N5CCOCC5)cc34)cc2Cl)cn1. The number of fused-ring (bicyclic) bond motifs is 1. The fourth-order valence-electron chi connectivity index (χ4n) is 3.94. The van der Waals surface area contributed by atoms with Crippen LogP contribution in [0.2, 0.25) is 5.02 Å². The Balaban J connectivity index is 1.26. The molecule has 0 atom stereocenters. The van der Waals surface area contributed by atoms with Gasteiger partial charge in [-0.15, -0.1) is 0 Å². The van der Waals surface area contributed by atoms with Gasteiger partial charge >= 0.3 is 6.03 Å². The van der Waals surface area contributed by atoms with Crippen LogP contribution in [0.5, 0.6) is 11.5 Å². The molecule has 1 aliphatic rings. The molecule has 1 fully saturated rings. The van der Waals surface area contributed by atoms with Crippen molar-refractivity contribution in [1.29, 1.82) is 0 Å². The van der Waals surface area contributed by atoms with Gasteiger partial charge in [-0.2, -0.15) is 0 Å². The van der Waals surface area contributed by atoms with Gasteiger partial charge in [-0.1, -0.05) is 29.8 Å². The second-order valence-electron chi connectivity index (χ2n) is 8.69. The Kier molecular flexibility index (Phi) is 7.96. The number of urea groups is 1. The summed E-state index contributed by atoms with van der Waals surface area (Å²) < 4.78 is 11.1. The molecule has 9 nitrogen and oxygen atoms in total. The van der Waals surface area contributed by atoms with Crippen LogP contribution in [0.15, 0.2) is 67.1 Å². The van der Waals surface area contributed by atoms with E-state index in [4.69, 9.17) is 21.1 Å². The van der Waals surface area contributed by atoms with Crippen molar-refractivity contribution in [2.75, 3.05) is 38.2 Å². The van der Waals surface area contributed by atoms with Gasteiger partial charge in [-0.3, -0.25) is 4.98 Å². The molecule has 1 aliphatic heterocycles. The van der Waals surface area contributed by atoms with Gasteiger partial charge in [0.2, 0.25) is 0 Å². The van der Waals surface area contributed by atoms with E-state index >= 15 is 0 Å². The summed E-state index contributed by atoms with van der Waals surface area (Å²) in [5.41, 5.74) is 3.44. The van der Waals surface area contributed by atoms with Crippen molar-refractivity contribution >= 4 is 46.1 Å². The van der Waals surface area contributed by atoms with Crippen molar-refractivity contribution in [3.63, 3.8) is 0 Å². The number of nitrogens with one attached hydrogen (secondary N) is 2. The Morgan fingerprint density at radius 1 is 1.11 bits per heavy atom. The largest absolute Gasteiger partial charge is 0.454 e. The Labute approximate surface area is 225 Å². The molecule has 0 spiro atoms. The van der Waals surface area contributed by atoms with Gasteiger partial charge in [0.15, 0.2) is 0 Å². The second kappa shape index (κ2) is 11.9. The van der Waals surface area contributed by atoms with E-state index in [0.717, 1.165) is 27.8 Å². The fourth-order valence-corrected chi connectivity index (χ4v) is 4.16. The van der Waals surface area contributed by atoms with E-state index < -0.39 is 0 Å². The van der Waals surface area contributed by atoms with Crippen LogP contribution in [0.1, 0.15) is 11.3 Å². The number of aryl methyl sites for hydroxylation is 1. The summed E-state index contributed by atoms with van der Waals surface area (Å²) in [5, 5.41) is 7.56. The van der Waals surface area contributed by atoms with E-state index in [1.807, 2.05) is 55.5 Å². The molecule has 5 rings (SSSR count). The third-order valence-electron chi connectivity index (χ3n) is 5.95. The Bertz CT molecular complexity index is 1460. The highest BCUT2D eigenvalue weighted by atomic mass is 35.5. The number of aromatic nitrogens is 3. The van der Waals surface area contributed by atoms with Gasteiger partial charge in [0.1, 0.15) is 23.6 Å². The van der Waals surface area contributed by atoms with E-state index in [-0.39, 0.29) is 6.03 Å². The molecule has 194 valence electrons. The molecule has 2 aromatic heterocycles. The number of anilines is 2. The molecule has 3 heterocycles. The van der Waals surface area contributed by atoms with Crippen LogP contribution in [-0.2, 0) is 4.74 Å². The summed E-state index contributed by atoms with van der Waals surface area (Å²) in [5.74, 6) is 1.79. The highest BCUT2D eigenvalue weighted by Crippen LogP contribution is 2.33. The highest BCUT2D eigenvalue weighted by molar-refractivity contribution is 6.32. The number of hydrogen-bond donors (Lipinski definition) is 2. The first-order valence-electron chi connectivity index (χ1n) is 12.2. The third-order valence-corrected chi connectivity index (χ3v) is 6.24. The van der Waals surface area contributed by atoms with Crippen LogP contribution in [-0.4, -0.2) is 58.7 Å². The molecule has 0 radical (unpaired) electrons. The Morgan fingerprint density at radius 3 is 2.76 bits per heavy atom. The lowest BCUT2D eigenvalue weighted by Crippen LogP contribution is -2.46. The maximum Gasteiger partial charge on any atom is 0.317 e. The lowest BCUT2D eigenvalue weighted by molar-refractivity contribution is 0.0534. The van der Waals surface area contributed by atoms with Crippen LogP contribution in [0.4, 0.5) is 16.3 Å². The number of morpholine rings is 1. The van der Waals surface area contributed by atoms with Gasteiger partial charge < -0.3 is 25.0 Å². The number of ether oxygens (including phenoxy) is 2. The van der Waals surface area contributed by atoms with E-state index in [2.05, 4.69) is 25.6 Å². The standard InChI is InChI=1S/C28H27ClN6O3/c1-19-4-7-22(17-31-19)38-26-9-6-21(16-24(26)29)34-27-23-15-20(5-8-25(23)32-18-33-27)3-2-10-30-28(36)35-11-13-37-14-12-35/h2-9,15-18H,10-14H2,1H3,(H,30,36)(H,32,33,34)/b3-2+. The zero-order chi connectivity index (χ0) is 26.3. The fraction of sp³-hybridized carbons (Fsp3) is 0.214. The van der Waals surface area contributed by atoms with Gasteiger partial charge in [-0.05, 0) is 55.0 Å². The molecule has 38 heavy (non-hydrogen) atoms. The summed E-state index contributed by atoms with van der Waals surface area (Å²) in [6.07, 6.45) is 7.05. The van der Waals surface area contributed by atoms with Crippen molar-refractivity contribution in [2.45, 2.75) is 6.92 Å². The number of benzene rings is 2. The van der Waals surface area contributed by atoms with Crippen LogP contribution >= 0.6 is 11.6 Å². The molecule has 1 saturated heterocycles. The number of carbonyl (C=O) groups is 1. The number of amides is 2. The van der Waals surface area contributed by atoms with Gasteiger partial charge in [0, 0.05) is 36.4 Å². The quantitative estimate of drug-likeness (QED) is 0.322. The highest BCUT2D eigenvalue weighted by Gasteiger charge is 2.15. The first-order chi connectivity index (χ1) is 18.5. The van der Waals surface area contributed by atoms with E-state index in [1.165, 1.54) is 6.33 Å². The van der Waals surface area contributed by atoms with Gasteiger partial charge in [-0.25, -0.2) is 14.8 Å². The molecular weight excluding hydrogens is 504 g/mol. The summed E-state index contributed by atoms with van der Waals surface area (Å²) in [6, 6.07) is 15.0. The number of pyridine rings is 1. The monoisotopic (exact) mass is 530 g/mol. The van der Waals surface area contributed by atoms with Crippen molar-refractivity contribution in [1.82, 2.24) is 25.2 Å². The van der Waals surface area contributed by atoms with E-state index in [1.54, 1.807) is 23.2 Å². The Hall–Kier alpha value is -4.21. The molecular formula is C28H27ClN6O3. The summed E-state index contributed by atoms with van der Waals surface area (Å²) in [4.78, 5) is 27.1. The first-order valence-corrected chi connectivity index (χ1v) is 12.6.